The number of hydrogen-bond acceptors (Lipinski definition) is 2. The van der Waals surface area contributed by atoms with Gasteiger partial charge in [0.1, 0.15) is 0 Å². The van der Waals surface area contributed by atoms with Gasteiger partial charge < -0.3 is 16.2 Å². The van der Waals surface area contributed by atoms with E-state index in [9.17, 15) is 0 Å². The topological polar surface area (TPSA) is 6.48 Å². The van der Waals surface area contributed by atoms with Gasteiger partial charge in [-0.3, -0.25) is 0 Å². The zero-order valence-corrected chi connectivity index (χ0v) is 32.6. The Bertz CT molecular complexity index is 499. The van der Waals surface area contributed by atoms with Crippen LogP contribution in [0.5, 0.6) is 0 Å². The van der Waals surface area contributed by atoms with Crippen molar-refractivity contribution in [3.63, 3.8) is 0 Å². The van der Waals surface area contributed by atoms with Crippen LogP contribution in [0, 0.1) is 13.1 Å². The second kappa shape index (κ2) is 19.5. The molecule has 3 unspecified atom stereocenters. The number of nitrogens with zero attached hydrogens (tertiary/aromatic N) is 2. The summed E-state index contributed by atoms with van der Waals surface area (Å²) in [5.41, 5.74) is 5.61. The number of likely N-dealkylation sites (N-methyl/N-ethyl adjacent to an activating group) is 1. The van der Waals surface area contributed by atoms with Crippen LogP contribution in [0.25, 0.3) is 0 Å². The van der Waals surface area contributed by atoms with Gasteiger partial charge in [0.15, 0.2) is 0 Å². The molecule has 0 N–H and O–H groups in total. The van der Waals surface area contributed by atoms with Crippen LogP contribution in [0.3, 0.4) is 0 Å². The minimum atomic E-state index is -0.0957. The summed E-state index contributed by atoms with van der Waals surface area (Å²) in [5, 5.41) is 0. The van der Waals surface area contributed by atoms with Crippen molar-refractivity contribution in [3.8, 4) is 0 Å². The van der Waals surface area contributed by atoms with Gasteiger partial charge in [-0.2, -0.15) is 6.42 Å². The molecule has 0 radical (unpaired) electrons. The third kappa shape index (κ3) is 12.9. The Balaban J connectivity index is 0.000000549. The molecule has 37 heavy (non-hydrogen) atoms. The molecule has 2 aliphatic carbocycles. The summed E-state index contributed by atoms with van der Waals surface area (Å²) in [6, 6.07) is 2.37. The maximum atomic E-state index is 2.68. The summed E-state index contributed by atoms with van der Waals surface area (Å²) in [5.74, 6) is 0. The van der Waals surface area contributed by atoms with Gasteiger partial charge in [-0.1, -0.05) is 32.1 Å². The van der Waals surface area contributed by atoms with Gasteiger partial charge in [-0.25, -0.2) is 6.67 Å². The molecule has 227 valence electrons. The molecule has 2 nitrogen and oxygen atoms in total. The fraction of sp³-hybridized carbons (Fsp3) is 0.938. The van der Waals surface area contributed by atoms with E-state index in [1.54, 1.807) is 0 Å². The summed E-state index contributed by atoms with van der Waals surface area (Å²) in [7, 11) is 2.08. The van der Waals surface area contributed by atoms with E-state index in [4.69, 9.17) is 0 Å². The summed E-state index contributed by atoms with van der Waals surface area (Å²) in [6.45, 7) is 30.8. The SMILES string of the molecule is CC(C)[PH+](C(C)C)C(C)C.CC(C)[PH+](C(C)C)C(C)C.CN1[CH-]N(C2[CH-]CCCC2)C2CCCCC21.[OsH3]. The van der Waals surface area contributed by atoms with E-state index in [1.165, 1.54) is 51.4 Å². The number of hydrogen-bond donors (Lipinski definition) is 0. The van der Waals surface area contributed by atoms with Gasteiger partial charge >= 0.3 is 19.8 Å². The standard InChI is InChI=1S/C14H24N2.2C9H21P.Os.3H/c1-15-11-16(12-7-3-2-4-8-12)14-10-6-5-9-13(14)15;2*1-7(2)10(8(3)4)9(5)6;;;;/h7,11-14H,2-6,8-10H2,1H3;2*7-9H,1-6H3;;;;/q-2;;;;;;/p+2. The van der Waals surface area contributed by atoms with Crippen LogP contribution in [0.4, 0.5) is 0 Å². The van der Waals surface area contributed by atoms with Crippen molar-refractivity contribution in [1.29, 1.82) is 0 Å². The molecule has 2 saturated carbocycles. The van der Waals surface area contributed by atoms with Crippen molar-refractivity contribution < 1.29 is 19.8 Å². The van der Waals surface area contributed by atoms with Crippen LogP contribution in [0.2, 0.25) is 0 Å². The molecule has 1 heterocycles. The van der Waals surface area contributed by atoms with Crippen LogP contribution < -0.4 is 0 Å². The molecule has 0 aromatic heterocycles. The normalized spacial score (nSPS) is 25.1. The van der Waals surface area contributed by atoms with E-state index in [2.05, 4.69) is 113 Å². The van der Waals surface area contributed by atoms with Gasteiger partial charge in [0.05, 0.1) is 34.0 Å². The number of rotatable bonds is 7. The Morgan fingerprint density at radius 3 is 1.27 bits per heavy atom. The summed E-state index contributed by atoms with van der Waals surface area (Å²) in [6.07, 6.45) is 13.8. The van der Waals surface area contributed by atoms with E-state index >= 15 is 0 Å². The second-order valence-corrected chi connectivity index (χ2v) is 22.6. The maximum absolute atomic E-state index is 2.68. The first-order valence-electron chi connectivity index (χ1n) is 15.7. The summed E-state index contributed by atoms with van der Waals surface area (Å²) < 4.78 is 0. The van der Waals surface area contributed by atoms with Crippen LogP contribution in [0.15, 0.2) is 0 Å². The van der Waals surface area contributed by atoms with Crippen molar-refractivity contribution in [2.75, 3.05) is 7.05 Å². The first kappa shape index (κ1) is 38.4. The first-order valence-corrected chi connectivity index (χ1v) is 19.2. The molecule has 1 saturated heterocycles. The van der Waals surface area contributed by atoms with Gasteiger partial charge in [-0.15, -0.1) is 6.04 Å². The molecular formula is C32H71N2OsP2. The molecule has 3 aliphatic rings. The van der Waals surface area contributed by atoms with Crippen molar-refractivity contribution in [2.24, 2.45) is 0 Å². The van der Waals surface area contributed by atoms with Crippen molar-refractivity contribution >= 4 is 15.8 Å². The zero-order chi connectivity index (χ0) is 27.6. The molecule has 5 heteroatoms. The minimum absolute atomic E-state index is 0. The number of fused-ring (bicyclic) bond motifs is 1. The van der Waals surface area contributed by atoms with Crippen molar-refractivity contribution in [3.05, 3.63) is 13.1 Å². The van der Waals surface area contributed by atoms with E-state index in [1.807, 2.05) is 0 Å². The second-order valence-electron chi connectivity index (χ2n) is 13.7. The average Bonchev–Trinajstić information content (AvgIpc) is 3.10. The molecule has 0 aromatic carbocycles. The fourth-order valence-electron chi connectivity index (χ4n) is 7.82. The quantitative estimate of drug-likeness (QED) is 0.191. The molecule has 3 rings (SSSR count). The molecule has 0 aromatic rings. The van der Waals surface area contributed by atoms with Gasteiger partial charge in [-0.05, 0) is 115 Å². The molecule has 3 atom stereocenters. The molecule has 0 amide bonds. The zero-order valence-electron chi connectivity index (χ0n) is 27.3. The van der Waals surface area contributed by atoms with Crippen LogP contribution in [-0.4, -0.2) is 68.9 Å². The van der Waals surface area contributed by atoms with E-state index < -0.39 is 0 Å². The monoisotopic (exact) mass is 737 g/mol. The van der Waals surface area contributed by atoms with Gasteiger partial charge in [0, 0.05) is 15.8 Å². The average molecular weight is 736 g/mol. The Hall–Kier alpha value is 1.42. The van der Waals surface area contributed by atoms with Gasteiger partial charge in [0.25, 0.3) is 0 Å². The third-order valence-corrected chi connectivity index (χ3v) is 16.7. The molecular weight excluding hydrogens is 665 g/mol. The van der Waals surface area contributed by atoms with Crippen LogP contribution in [-0.2, 0) is 19.8 Å². The Morgan fingerprint density at radius 2 is 0.946 bits per heavy atom. The van der Waals surface area contributed by atoms with Crippen LogP contribution in [0.1, 0.15) is 134 Å². The van der Waals surface area contributed by atoms with Crippen molar-refractivity contribution in [1.82, 2.24) is 9.80 Å². The van der Waals surface area contributed by atoms with E-state index in [0.717, 1.165) is 52.1 Å². The van der Waals surface area contributed by atoms with Crippen molar-refractivity contribution in [2.45, 2.75) is 187 Å². The molecule has 1 aliphatic heterocycles. The van der Waals surface area contributed by atoms with Gasteiger partial charge in [0.2, 0.25) is 0 Å². The van der Waals surface area contributed by atoms with Crippen LogP contribution >= 0.6 is 15.8 Å². The fourth-order valence-corrected chi connectivity index (χ4v) is 15.8. The predicted octanol–water partition coefficient (Wildman–Crippen LogP) is 8.86. The summed E-state index contributed by atoms with van der Waals surface area (Å²) in [4.78, 5) is 5.16. The summed E-state index contributed by atoms with van der Waals surface area (Å²) >= 11 is 0. The first-order chi connectivity index (χ1) is 16.8. The van der Waals surface area contributed by atoms with E-state index in [0.29, 0.717) is 0 Å². The predicted molar refractivity (Wildman–Crippen MR) is 178 cm³/mol. The molecule has 0 bridgehead atoms. The van der Waals surface area contributed by atoms with E-state index in [-0.39, 0.29) is 35.6 Å². The molecule has 3 fully saturated rings. The third-order valence-electron chi connectivity index (χ3n) is 8.69. The Morgan fingerprint density at radius 1 is 0.568 bits per heavy atom. The Kier molecular flexibility index (Phi) is 20.3. The Labute approximate surface area is 251 Å². The molecule has 0 spiro atoms.